The predicted molar refractivity (Wildman–Crippen MR) is 119 cm³/mol. The van der Waals surface area contributed by atoms with Crippen LogP contribution in [0, 0.1) is 0 Å². The summed E-state index contributed by atoms with van der Waals surface area (Å²) in [6.45, 7) is 5.90. The van der Waals surface area contributed by atoms with E-state index in [9.17, 15) is 18.4 Å². The summed E-state index contributed by atoms with van der Waals surface area (Å²) < 4.78 is 25.3. The average molecular weight is 446 g/mol. The molecule has 2 aromatic rings. The molecule has 2 heterocycles. The Morgan fingerprint density at radius 3 is 2.26 bits per heavy atom. The number of sulfone groups is 1. The molecule has 1 aromatic heterocycles. The van der Waals surface area contributed by atoms with Crippen molar-refractivity contribution in [2.24, 2.45) is 0 Å². The number of piperidine rings is 1. The second kappa shape index (κ2) is 9.89. The molecule has 168 valence electrons. The fraction of sp³-hybridized carbons (Fsp3) is 0.478. The molecule has 1 aliphatic rings. The molecular weight excluding hydrogens is 414 g/mol. The summed E-state index contributed by atoms with van der Waals surface area (Å²) in [7, 11) is -4.00. The number of likely N-dealkylation sites (tertiary alicyclic amines) is 1. The SMILES string of the molecule is CCCCc1ccc(-c2ccc(S(=O)(=O)C3(C(=O)NO)CCN(CC)CC3)cc2)cn1. The lowest BCUT2D eigenvalue weighted by atomic mass is 9.95. The summed E-state index contributed by atoms with van der Waals surface area (Å²) in [4.78, 5) is 19.2. The zero-order valence-electron chi connectivity index (χ0n) is 18.2. The highest BCUT2D eigenvalue weighted by Crippen LogP contribution is 2.36. The van der Waals surface area contributed by atoms with E-state index in [-0.39, 0.29) is 17.7 Å². The normalized spacial score (nSPS) is 16.7. The van der Waals surface area contributed by atoms with Gasteiger partial charge in [-0.05, 0) is 56.0 Å². The van der Waals surface area contributed by atoms with Crippen LogP contribution in [0.4, 0.5) is 0 Å². The van der Waals surface area contributed by atoms with Crippen LogP contribution in [0.5, 0.6) is 0 Å². The predicted octanol–water partition coefficient (Wildman–Crippen LogP) is 3.22. The smallest absolute Gasteiger partial charge is 0.265 e. The highest BCUT2D eigenvalue weighted by molar-refractivity contribution is 7.93. The van der Waals surface area contributed by atoms with E-state index in [0.717, 1.165) is 42.6 Å². The number of carbonyl (C=O) groups excluding carboxylic acids is 1. The van der Waals surface area contributed by atoms with Crippen LogP contribution in [0.3, 0.4) is 0 Å². The molecule has 0 spiro atoms. The van der Waals surface area contributed by atoms with Crippen LogP contribution in [0.15, 0.2) is 47.5 Å². The Morgan fingerprint density at radius 1 is 1.10 bits per heavy atom. The third kappa shape index (κ3) is 4.66. The van der Waals surface area contributed by atoms with Crippen LogP contribution in [-0.2, 0) is 21.1 Å². The van der Waals surface area contributed by atoms with Gasteiger partial charge >= 0.3 is 0 Å². The molecular formula is C23H31N3O4S. The van der Waals surface area contributed by atoms with Crippen LogP contribution in [0.25, 0.3) is 11.1 Å². The zero-order valence-corrected chi connectivity index (χ0v) is 19.0. The van der Waals surface area contributed by atoms with Gasteiger partial charge in [-0.3, -0.25) is 15.0 Å². The molecule has 1 aliphatic heterocycles. The minimum absolute atomic E-state index is 0.0809. The fourth-order valence-corrected chi connectivity index (χ4v) is 6.06. The summed E-state index contributed by atoms with van der Waals surface area (Å²) in [5.41, 5.74) is 4.40. The lowest BCUT2D eigenvalue weighted by Crippen LogP contribution is -2.57. The van der Waals surface area contributed by atoms with Gasteiger partial charge in [-0.1, -0.05) is 38.5 Å². The number of aryl methyl sites for hydroxylation is 1. The van der Waals surface area contributed by atoms with Gasteiger partial charge in [0.05, 0.1) is 4.90 Å². The van der Waals surface area contributed by atoms with Crippen molar-refractivity contribution in [3.63, 3.8) is 0 Å². The van der Waals surface area contributed by atoms with E-state index in [4.69, 9.17) is 0 Å². The van der Waals surface area contributed by atoms with Gasteiger partial charge in [0, 0.05) is 30.5 Å². The van der Waals surface area contributed by atoms with E-state index >= 15 is 0 Å². The maximum absolute atomic E-state index is 13.5. The van der Waals surface area contributed by atoms with Crippen molar-refractivity contribution in [3.8, 4) is 11.1 Å². The summed E-state index contributed by atoms with van der Waals surface area (Å²) in [5.74, 6) is -0.862. The topological polar surface area (TPSA) is 99.6 Å². The van der Waals surface area contributed by atoms with E-state index in [2.05, 4.69) is 16.8 Å². The Morgan fingerprint density at radius 2 is 1.74 bits per heavy atom. The third-order valence-electron chi connectivity index (χ3n) is 6.25. The highest BCUT2D eigenvalue weighted by Gasteiger charge is 2.52. The van der Waals surface area contributed by atoms with Gasteiger partial charge in [0.2, 0.25) is 0 Å². The van der Waals surface area contributed by atoms with Gasteiger partial charge in [-0.25, -0.2) is 13.9 Å². The molecule has 1 aromatic carbocycles. The van der Waals surface area contributed by atoms with Crippen molar-refractivity contribution in [1.29, 1.82) is 0 Å². The highest BCUT2D eigenvalue weighted by atomic mass is 32.2. The molecule has 0 saturated carbocycles. The number of carbonyl (C=O) groups is 1. The van der Waals surface area contributed by atoms with E-state index in [0.29, 0.717) is 13.1 Å². The molecule has 0 atom stereocenters. The number of pyridine rings is 1. The Hall–Kier alpha value is -2.29. The lowest BCUT2D eigenvalue weighted by Gasteiger charge is -2.39. The van der Waals surface area contributed by atoms with Crippen LogP contribution in [0.1, 0.15) is 45.2 Å². The Balaban J connectivity index is 1.86. The lowest BCUT2D eigenvalue weighted by molar-refractivity contribution is -0.133. The first kappa shape index (κ1) is 23.4. The van der Waals surface area contributed by atoms with E-state index in [1.165, 1.54) is 12.1 Å². The van der Waals surface area contributed by atoms with Crippen LogP contribution in [0.2, 0.25) is 0 Å². The molecule has 7 nitrogen and oxygen atoms in total. The number of hydrogen-bond donors (Lipinski definition) is 2. The van der Waals surface area contributed by atoms with Crippen LogP contribution in [-0.4, -0.2) is 53.8 Å². The number of amides is 1. The Labute approximate surface area is 184 Å². The molecule has 0 unspecified atom stereocenters. The van der Waals surface area contributed by atoms with Gasteiger partial charge in [-0.2, -0.15) is 0 Å². The molecule has 1 fully saturated rings. The van der Waals surface area contributed by atoms with E-state index in [1.54, 1.807) is 23.8 Å². The number of hydroxylamine groups is 1. The first-order chi connectivity index (χ1) is 14.9. The van der Waals surface area contributed by atoms with Gasteiger partial charge < -0.3 is 4.90 Å². The maximum atomic E-state index is 13.5. The Bertz CT molecular complexity index is 980. The summed E-state index contributed by atoms with van der Waals surface area (Å²) in [6.07, 6.45) is 5.23. The number of aromatic nitrogens is 1. The van der Waals surface area contributed by atoms with Crippen molar-refractivity contribution in [3.05, 3.63) is 48.3 Å². The number of rotatable bonds is 8. The molecule has 0 bridgehead atoms. The second-order valence-corrected chi connectivity index (χ2v) is 10.3. The molecule has 0 radical (unpaired) electrons. The van der Waals surface area contributed by atoms with Crippen molar-refractivity contribution < 1.29 is 18.4 Å². The molecule has 2 N–H and O–H groups in total. The standard InChI is InChI=1S/C23H31N3O4S/c1-3-5-6-20-10-7-19(17-24-20)18-8-11-21(12-9-18)31(29,30)23(22(27)25-28)13-15-26(4-2)16-14-23/h7-12,17,28H,3-6,13-16H2,1-2H3,(H,25,27). The summed E-state index contributed by atoms with van der Waals surface area (Å²) >= 11 is 0. The van der Waals surface area contributed by atoms with Gasteiger partial charge in [0.1, 0.15) is 0 Å². The fourth-order valence-electron chi connectivity index (χ4n) is 4.10. The summed E-state index contributed by atoms with van der Waals surface area (Å²) in [6, 6.07) is 10.5. The number of benzene rings is 1. The van der Waals surface area contributed by atoms with Crippen molar-refractivity contribution >= 4 is 15.7 Å². The number of unbranched alkanes of at least 4 members (excludes halogenated alkanes) is 1. The second-order valence-electron chi connectivity index (χ2n) is 8.04. The third-order valence-corrected chi connectivity index (χ3v) is 8.77. The molecule has 3 rings (SSSR count). The Kier molecular flexibility index (Phi) is 7.46. The molecule has 31 heavy (non-hydrogen) atoms. The minimum Gasteiger partial charge on any atom is -0.303 e. The van der Waals surface area contributed by atoms with Crippen molar-refractivity contribution in [2.75, 3.05) is 19.6 Å². The van der Waals surface area contributed by atoms with Crippen molar-refractivity contribution in [1.82, 2.24) is 15.4 Å². The van der Waals surface area contributed by atoms with E-state index in [1.807, 2.05) is 19.1 Å². The quantitative estimate of drug-likeness (QED) is 0.478. The van der Waals surface area contributed by atoms with Crippen LogP contribution >= 0.6 is 0 Å². The molecule has 8 heteroatoms. The number of hydrogen-bond acceptors (Lipinski definition) is 6. The monoisotopic (exact) mass is 445 g/mol. The summed E-state index contributed by atoms with van der Waals surface area (Å²) in [5, 5.41) is 9.27. The maximum Gasteiger partial charge on any atom is 0.265 e. The van der Waals surface area contributed by atoms with E-state index < -0.39 is 20.5 Å². The first-order valence-electron chi connectivity index (χ1n) is 10.8. The molecule has 0 aliphatic carbocycles. The minimum atomic E-state index is -4.00. The zero-order chi connectivity index (χ0) is 22.5. The molecule has 1 amide bonds. The van der Waals surface area contributed by atoms with Crippen LogP contribution < -0.4 is 5.48 Å². The van der Waals surface area contributed by atoms with Gasteiger partial charge in [-0.15, -0.1) is 0 Å². The number of nitrogens with one attached hydrogen (secondary N) is 1. The van der Waals surface area contributed by atoms with Gasteiger partial charge in [0.25, 0.3) is 5.91 Å². The first-order valence-corrected chi connectivity index (χ1v) is 12.3. The molecule has 1 saturated heterocycles. The van der Waals surface area contributed by atoms with Crippen molar-refractivity contribution in [2.45, 2.75) is 55.6 Å². The number of nitrogens with zero attached hydrogens (tertiary/aromatic N) is 2. The largest absolute Gasteiger partial charge is 0.303 e. The van der Waals surface area contributed by atoms with Gasteiger partial charge in [0.15, 0.2) is 14.6 Å². The average Bonchev–Trinajstić information content (AvgIpc) is 2.82.